The Morgan fingerprint density at radius 2 is 0.833 bits per heavy atom. The summed E-state index contributed by atoms with van der Waals surface area (Å²) >= 11 is 0. The molecule has 0 fully saturated rings. The lowest BCUT2D eigenvalue weighted by Gasteiger charge is -2.23. The Bertz CT molecular complexity index is 647. The van der Waals surface area contributed by atoms with E-state index in [0.717, 1.165) is 22.6 Å². The van der Waals surface area contributed by atoms with Crippen molar-refractivity contribution in [2.45, 2.75) is 41.5 Å². The van der Waals surface area contributed by atoms with Gasteiger partial charge in [-0.05, 0) is 11.1 Å². The molecule has 0 radical (unpaired) electrons. The first-order valence-corrected chi connectivity index (χ1v) is 8.47. The van der Waals surface area contributed by atoms with Crippen molar-refractivity contribution in [1.82, 2.24) is 0 Å². The van der Waals surface area contributed by atoms with Gasteiger partial charge in [0.05, 0.1) is 11.4 Å². The van der Waals surface area contributed by atoms with Crippen LogP contribution < -0.4 is 0 Å². The minimum atomic E-state index is -0.0788. The fraction of sp³-hybridized carbons (Fsp3) is 0.364. The molecule has 0 unspecified atom stereocenters. The van der Waals surface area contributed by atoms with E-state index in [9.17, 15) is 0 Å². The van der Waals surface area contributed by atoms with Gasteiger partial charge in [-0.3, -0.25) is 0 Å². The molecule has 2 aromatic rings. The van der Waals surface area contributed by atoms with Crippen LogP contribution in [0.1, 0.15) is 52.7 Å². The Hall–Kier alpha value is -2.22. The highest BCUT2D eigenvalue weighted by Gasteiger charge is 2.23. The number of benzene rings is 2. The molecule has 2 nitrogen and oxygen atoms in total. The molecule has 0 atom stereocenters. The smallest absolute Gasteiger partial charge is 0.0756 e. The van der Waals surface area contributed by atoms with Crippen molar-refractivity contribution < 1.29 is 0 Å². The molecule has 0 N–H and O–H groups in total. The highest BCUT2D eigenvalue weighted by atomic mass is 15.2. The Kier molecular flexibility index (Phi) is 5.38. The zero-order valence-corrected chi connectivity index (χ0v) is 15.7. The zero-order chi connectivity index (χ0) is 17.8. The van der Waals surface area contributed by atoms with Gasteiger partial charge in [-0.15, -0.1) is 0 Å². The number of hydrogen-bond donors (Lipinski definition) is 0. The molecule has 2 heteroatoms. The molecular formula is C22H28N2. The maximum Gasteiger partial charge on any atom is 0.0756 e. The largest absolute Gasteiger partial charge is 0.154 e. The molecule has 0 saturated carbocycles. The summed E-state index contributed by atoms with van der Waals surface area (Å²) in [7, 11) is 0. The molecule has 0 heterocycles. The predicted octanol–water partition coefficient (Wildman–Crippen LogP) is 5.97. The van der Waals surface area contributed by atoms with E-state index < -0.39 is 0 Å². The fourth-order valence-electron chi connectivity index (χ4n) is 2.57. The third-order valence-corrected chi connectivity index (χ3v) is 3.77. The van der Waals surface area contributed by atoms with Gasteiger partial charge in [-0.25, -0.2) is 0 Å². The van der Waals surface area contributed by atoms with E-state index in [0.29, 0.717) is 0 Å². The van der Waals surface area contributed by atoms with Gasteiger partial charge < -0.3 is 0 Å². The average Bonchev–Trinajstić information content (AvgIpc) is 2.51. The summed E-state index contributed by atoms with van der Waals surface area (Å²) < 4.78 is 0. The van der Waals surface area contributed by atoms with Crippen molar-refractivity contribution in [1.29, 1.82) is 0 Å². The van der Waals surface area contributed by atoms with Crippen LogP contribution in [0.25, 0.3) is 0 Å². The first-order valence-electron chi connectivity index (χ1n) is 8.47. The van der Waals surface area contributed by atoms with Crippen LogP contribution in [0, 0.1) is 10.8 Å². The molecule has 2 aromatic carbocycles. The second-order valence-electron chi connectivity index (χ2n) is 8.13. The van der Waals surface area contributed by atoms with E-state index in [4.69, 9.17) is 10.2 Å². The van der Waals surface area contributed by atoms with Gasteiger partial charge in [-0.1, -0.05) is 102 Å². The van der Waals surface area contributed by atoms with E-state index in [1.165, 1.54) is 0 Å². The van der Waals surface area contributed by atoms with E-state index in [1.807, 2.05) is 36.4 Å². The van der Waals surface area contributed by atoms with Gasteiger partial charge in [-0.2, -0.15) is 10.2 Å². The van der Waals surface area contributed by atoms with E-state index >= 15 is 0 Å². The van der Waals surface area contributed by atoms with Crippen LogP contribution in [-0.2, 0) is 0 Å². The van der Waals surface area contributed by atoms with Gasteiger partial charge >= 0.3 is 0 Å². The summed E-state index contributed by atoms with van der Waals surface area (Å²) in [6.07, 6.45) is 0. The summed E-state index contributed by atoms with van der Waals surface area (Å²) in [4.78, 5) is 0. The van der Waals surface area contributed by atoms with E-state index in [1.54, 1.807) is 0 Å². The third-order valence-electron chi connectivity index (χ3n) is 3.77. The molecule has 0 amide bonds. The monoisotopic (exact) mass is 320 g/mol. The van der Waals surface area contributed by atoms with Crippen LogP contribution in [-0.4, -0.2) is 11.4 Å². The van der Waals surface area contributed by atoms with Gasteiger partial charge in [0.2, 0.25) is 0 Å². The van der Waals surface area contributed by atoms with E-state index in [2.05, 4.69) is 65.8 Å². The highest BCUT2D eigenvalue weighted by molar-refractivity contribution is 6.07. The van der Waals surface area contributed by atoms with Crippen molar-refractivity contribution in [3.05, 3.63) is 71.8 Å². The first kappa shape index (κ1) is 18.1. The molecule has 0 aromatic heterocycles. The Morgan fingerprint density at radius 1 is 0.542 bits per heavy atom. The second kappa shape index (κ2) is 7.12. The Morgan fingerprint density at radius 3 is 1.08 bits per heavy atom. The molecular weight excluding hydrogens is 292 g/mol. The van der Waals surface area contributed by atoms with Gasteiger partial charge in [0.25, 0.3) is 0 Å². The fourth-order valence-corrected chi connectivity index (χ4v) is 2.57. The van der Waals surface area contributed by atoms with Crippen LogP contribution in [0.4, 0.5) is 0 Å². The molecule has 24 heavy (non-hydrogen) atoms. The van der Waals surface area contributed by atoms with Crippen molar-refractivity contribution in [2.75, 3.05) is 0 Å². The van der Waals surface area contributed by atoms with Gasteiger partial charge in [0.15, 0.2) is 0 Å². The van der Waals surface area contributed by atoms with Gasteiger partial charge in [0, 0.05) is 10.8 Å². The topological polar surface area (TPSA) is 24.7 Å². The molecule has 0 aliphatic carbocycles. The normalized spacial score (nSPS) is 13.9. The quantitative estimate of drug-likeness (QED) is 0.491. The number of rotatable bonds is 3. The minimum Gasteiger partial charge on any atom is -0.154 e. The predicted molar refractivity (Wildman–Crippen MR) is 105 cm³/mol. The Labute approximate surface area is 146 Å². The standard InChI is InChI=1S/C22H28N2/c1-21(2,3)19(17-13-9-7-10-14-17)23-24-20(22(4,5)6)18-15-11-8-12-16-18/h7-16H,1-6H3/b23-19+,24-20+. The maximum absolute atomic E-state index is 4.71. The minimum absolute atomic E-state index is 0.0788. The van der Waals surface area contributed by atoms with E-state index in [-0.39, 0.29) is 10.8 Å². The van der Waals surface area contributed by atoms with Crippen LogP contribution in [0.15, 0.2) is 70.9 Å². The summed E-state index contributed by atoms with van der Waals surface area (Å²) in [6, 6.07) is 20.6. The summed E-state index contributed by atoms with van der Waals surface area (Å²) in [5.74, 6) is 0. The summed E-state index contributed by atoms with van der Waals surface area (Å²) in [5, 5.41) is 9.43. The first-order chi connectivity index (χ1) is 11.2. The van der Waals surface area contributed by atoms with Crippen LogP contribution in [0.2, 0.25) is 0 Å². The lowest BCUT2D eigenvalue weighted by molar-refractivity contribution is 0.581. The second-order valence-corrected chi connectivity index (χ2v) is 8.13. The van der Waals surface area contributed by atoms with Crippen molar-refractivity contribution in [2.24, 2.45) is 21.0 Å². The lowest BCUT2D eigenvalue weighted by Crippen LogP contribution is -2.24. The molecule has 0 aliphatic rings. The lowest BCUT2D eigenvalue weighted by atomic mass is 9.85. The molecule has 126 valence electrons. The maximum atomic E-state index is 4.71. The van der Waals surface area contributed by atoms with Crippen LogP contribution in [0.5, 0.6) is 0 Å². The zero-order valence-electron chi connectivity index (χ0n) is 15.7. The molecule has 2 rings (SSSR count). The number of hydrogen-bond acceptors (Lipinski definition) is 2. The number of nitrogens with zero attached hydrogens (tertiary/aromatic N) is 2. The van der Waals surface area contributed by atoms with Gasteiger partial charge in [0.1, 0.15) is 0 Å². The van der Waals surface area contributed by atoms with Crippen LogP contribution in [0.3, 0.4) is 0 Å². The Balaban J connectivity index is 2.56. The molecule has 0 aliphatic heterocycles. The van der Waals surface area contributed by atoms with Crippen molar-refractivity contribution in [3.63, 3.8) is 0 Å². The third kappa shape index (κ3) is 4.64. The summed E-state index contributed by atoms with van der Waals surface area (Å²) in [5.41, 5.74) is 4.08. The molecule has 0 spiro atoms. The van der Waals surface area contributed by atoms with Crippen molar-refractivity contribution in [3.8, 4) is 0 Å². The average molecular weight is 320 g/mol. The molecule has 0 saturated heterocycles. The van der Waals surface area contributed by atoms with Crippen molar-refractivity contribution >= 4 is 11.4 Å². The SMILES string of the molecule is CC(C)(C)/C(=N/N=C(\c1ccccc1)C(C)(C)C)c1ccccc1. The summed E-state index contributed by atoms with van der Waals surface area (Å²) in [6.45, 7) is 13.0. The molecule has 0 bridgehead atoms. The van der Waals surface area contributed by atoms with Crippen LogP contribution >= 0.6 is 0 Å². The highest BCUT2D eigenvalue weighted by Crippen LogP contribution is 2.25.